The van der Waals surface area contributed by atoms with Gasteiger partial charge in [0.05, 0.1) is 22.4 Å². The summed E-state index contributed by atoms with van der Waals surface area (Å²) in [6, 6.07) is 69.7. The van der Waals surface area contributed by atoms with E-state index in [1.165, 1.54) is 111 Å². The maximum absolute atomic E-state index is 2.57. The van der Waals surface area contributed by atoms with Gasteiger partial charge in [0.2, 0.25) is 0 Å². The van der Waals surface area contributed by atoms with E-state index in [0.717, 1.165) is 5.69 Å². The van der Waals surface area contributed by atoms with Crippen molar-refractivity contribution in [2.75, 3.05) is 4.90 Å². The summed E-state index contributed by atoms with van der Waals surface area (Å²) in [6.07, 6.45) is 0. The minimum Gasteiger partial charge on any atom is -0.309 e. The third-order valence-corrected chi connectivity index (χ3v) is 13.1. The maximum atomic E-state index is 2.57. The van der Waals surface area contributed by atoms with Crippen molar-refractivity contribution in [1.82, 2.24) is 4.57 Å². The minimum absolute atomic E-state index is 0.144. The summed E-state index contributed by atoms with van der Waals surface area (Å²) in [6.45, 7) is 11.6. The SMILES string of the molecule is Cc1cc(-n2c3ccccc3c3ccccc32)cc(C)c1N(c1ccc2c(c1)C(C)(C)c1ccccc1-2)c1c(C)cc(-c2ccc3ccccc3c2)cc1-c1ccccc1. The Balaban J connectivity index is 1.17. The van der Waals surface area contributed by atoms with Crippen LogP contribution in [0.15, 0.2) is 188 Å². The summed E-state index contributed by atoms with van der Waals surface area (Å²) in [4.78, 5) is 2.57. The highest BCUT2D eigenvalue weighted by molar-refractivity contribution is 6.09. The number of nitrogens with zero attached hydrogens (tertiary/aromatic N) is 2. The summed E-state index contributed by atoms with van der Waals surface area (Å²) < 4.78 is 2.44. The lowest BCUT2D eigenvalue weighted by Gasteiger charge is -2.34. The first-order valence-corrected chi connectivity index (χ1v) is 21.1. The van der Waals surface area contributed by atoms with Gasteiger partial charge < -0.3 is 9.47 Å². The Kier molecular flexibility index (Phi) is 8.22. The third-order valence-electron chi connectivity index (χ3n) is 13.1. The van der Waals surface area contributed by atoms with Crippen LogP contribution in [0.4, 0.5) is 17.1 Å². The second kappa shape index (κ2) is 13.7. The van der Waals surface area contributed by atoms with Crippen molar-refractivity contribution in [3.8, 4) is 39.1 Å². The van der Waals surface area contributed by atoms with Crippen LogP contribution in [0.1, 0.15) is 41.7 Å². The predicted molar refractivity (Wildman–Crippen MR) is 256 cm³/mol. The molecule has 0 saturated carbocycles. The van der Waals surface area contributed by atoms with Crippen molar-refractivity contribution < 1.29 is 0 Å². The number of para-hydroxylation sites is 2. The van der Waals surface area contributed by atoms with Crippen LogP contribution >= 0.6 is 0 Å². The van der Waals surface area contributed by atoms with Crippen molar-refractivity contribution >= 4 is 49.6 Å². The van der Waals surface area contributed by atoms with Crippen LogP contribution < -0.4 is 4.90 Å². The van der Waals surface area contributed by atoms with Gasteiger partial charge in [-0.15, -0.1) is 0 Å². The van der Waals surface area contributed by atoms with Crippen molar-refractivity contribution in [2.24, 2.45) is 0 Å². The molecule has 10 aromatic rings. The molecule has 0 radical (unpaired) electrons. The number of hydrogen-bond acceptors (Lipinski definition) is 1. The molecule has 60 heavy (non-hydrogen) atoms. The van der Waals surface area contributed by atoms with Crippen molar-refractivity contribution in [3.05, 3.63) is 216 Å². The van der Waals surface area contributed by atoms with E-state index < -0.39 is 0 Å². The summed E-state index contributed by atoms with van der Waals surface area (Å²) in [5.74, 6) is 0. The summed E-state index contributed by atoms with van der Waals surface area (Å²) in [5.41, 5.74) is 20.9. The zero-order valence-corrected chi connectivity index (χ0v) is 34.8. The van der Waals surface area contributed by atoms with E-state index in [4.69, 9.17) is 0 Å². The van der Waals surface area contributed by atoms with E-state index in [2.05, 4.69) is 232 Å². The molecule has 0 atom stereocenters. The highest BCUT2D eigenvalue weighted by Crippen LogP contribution is 2.53. The van der Waals surface area contributed by atoms with Gasteiger partial charge in [0.25, 0.3) is 0 Å². The Morgan fingerprint density at radius 1 is 0.400 bits per heavy atom. The number of aromatic nitrogens is 1. The number of hydrogen-bond donors (Lipinski definition) is 0. The molecule has 2 nitrogen and oxygen atoms in total. The second-order valence-corrected chi connectivity index (χ2v) is 17.2. The number of aryl methyl sites for hydroxylation is 3. The van der Waals surface area contributed by atoms with Gasteiger partial charge in [0.1, 0.15) is 0 Å². The molecular formula is C58H46N2. The fourth-order valence-corrected chi connectivity index (χ4v) is 10.3. The van der Waals surface area contributed by atoms with Crippen LogP contribution in [0.5, 0.6) is 0 Å². The van der Waals surface area contributed by atoms with E-state index in [9.17, 15) is 0 Å². The Hall–Kier alpha value is -7.16. The lowest BCUT2D eigenvalue weighted by atomic mass is 9.82. The molecule has 288 valence electrons. The summed E-state index contributed by atoms with van der Waals surface area (Å²) >= 11 is 0. The van der Waals surface area contributed by atoms with Crippen LogP contribution in [0.25, 0.3) is 71.6 Å². The lowest BCUT2D eigenvalue weighted by Crippen LogP contribution is -2.18. The third kappa shape index (κ3) is 5.55. The van der Waals surface area contributed by atoms with Crippen LogP contribution in [0.2, 0.25) is 0 Å². The molecule has 0 N–H and O–H groups in total. The average molecular weight is 771 g/mol. The fourth-order valence-electron chi connectivity index (χ4n) is 10.3. The highest BCUT2D eigenvalue weighted by Gasteiger charge is 2.36. The van der Waals surface area contributed by atoms with E-state index in [1.54, 1.807) is 0 Å². The first-order chi connectivity index (χ1) is 29.3. The molecule has 2 heteroatoms. The molecule has 0 bridgehead atoms. The molecule has 1 aliphatic carbocycles. The molecule has 1 heterocycles. The highest BCUT2D eigenvalue weighted by atomic mass is 15.2. The number of benzene rings is 9. The van der Waals surface area contributed by atoms with Crippen LogP contribution in [0, 0.1) is 20.8 Å². The molecule has 0 fully saturated rings. The van der Waals surface area contributed by atoms with Gasteiger partial charge in [0.15, 0.2) is 0 Å². The van der Waals surface area contributed by atoms with Crippen molar-refractivity contribution in [2.45, 2.75) is 40.0 Å². The van der Waals surface area contributed by atoms with E-state index in [0.29, 0.717) is 0 Å². The number of rotatable bonds is 6. The average Bonchev–Trinajstić information content (AvgIpc) is 3.73. The monoisotopic (exact) mass is 770 g/mol. The van der Waals surface area contributed by atoms with Crippen LogP contribution in [0.3, 0.4) is 0 Å². The molecule has 11 rings (SSSR count). The van der Waals surface area contributed by atoms with Gasteiger partial charge in [-0.05, 0) is 142 Å². The van der Waals surface area contributed by atoms with Gasteiger partial charge >= 0.3 is 0 Å². The molecule has 0 unspecified atom stereocenters. The fraction of sp³-hybridized carbons (Fsp3) is 0.103. The summed E-state index contributed by atoms with van der Waals surface area (Å²) in [7, 11) is 0. The molecule has 0 saturated heterocycles. The van der Waals surface area contributed by atoms with E-state index in [-0.39, 0.29) is 5.41 Å². The maximum Gasteiger partial charge on any atom is 0.0569 e. The molecule has 1 aromatic heterocycles. The van der Waals surface area contributed by atoms with Crippen LogP contribution in [-0.2, 0) is 5.41 Å². The predicted octanol–water partition coefficient (Wildman–Crippen LogP) is 16.0. The van der Waals surface area contributed by atoms with Gasteiger partial charge in [-0.2, -0.15) is 0 Å². The topological polar surface area (TPSA) is 8.17 Å². The van der Waals surface area contributed by atoms with Gasteiger partial charge in [-0.25, -0.2) is 0 Å². The normalized spacial score (nSPS) is 12.9. The Morgan fingerprint density at radius 2 is 1.00 bits per heavy atom. The largest absolute Gasteiger partial charge is 0.309 e. The molecule has 0 spiro atoms. The summed E-state index contributed by atoms with van der Waals surface area (Å²) in [5, 5.41) is 5.04. The number of fused-ring (bicyclic) bond motifs is 7. The van der Waals surface area contributed by atoms with E-state index in [1.807, 2.05) is 0 Å². The second-order valence-electron chi connectivity index (χ2n) is 17.2. The zero-order valence-electron chi connectivity index (χ0n) is 34.8. The Labute approximate surface area is 352 Å². The Morgan fingerprint density at radius 3 is 1.73 bits per heavy atom. The number of anilines is 3. The first-order valence-electron chi connectivity index (χ1n) is 21.1. The zero-order chi connectivity index (χ0) is 40.7. The standard InChI is InChI=1S/C58H46N2/c1-37-31-44(43-28-27-40-17-9-10-20-42(40)34-43)35-51(41-18-7-6-8-19-41)57(37)60(45-29-30-48-47-21-11-14-24-52(47)58(4,5)53(48)36-45)56-38(2)32-46(33-39(56)3)59-54-25-15-12-22-49(54)50-23-13-16-26-55(50)59/h6-36H,1-5H3. The molecule has 0 amide bonds. The molecule has 9 aromatic carbocycles. The minimum atomic E-state index is -0.144. The van der Waals surface area contributed by atoms with Gasteiger partial charge in [0, 0.05) is 33.1 Å². The van der Waals surface area contributed by atoms with Gasteiger partial charge in [-0.3, -0.25) is 0 Å². The van der Waals surface area contributed by atoms with Gasteiger partial charge in [-0.1, -0.05) is 147 Å². The van der Waals surface area contributed by atoms with Crippen molar-refractivity contribution in [3.63, 3.8) is 0 Å². The molecular weight excluding hydrogens is 725 g/mol. The first kappa shape index (κ1) is 36.0. The van der Waals surface area contributed by atoms with Crippen LogP contribution in [-0.4, -0.2) is 4.57 Å². The molecule has 1 aliphatic rings. The smallest absolute Gasteiger partial charge is 0.0569 e. The van der Waals surface area contributed by atoms with E-state index >= 15 is 0 Å². The quantitative estimate of drug-likeness (QED) is 0.163. The van der Waals surface area contributed by atoms with Crippen molar-refractivity contribution in [1.29, 1.82) is 0 Å². The Bertz CT molecular complexity index is 3250. The lowest BCUT2D eigenvalue weighted by molar-refractivity contribution is 0.660. The molecule has 0 aliphatic heterocycles.